The molecule has 0 heterocycles. The van der Waals surface area contributed by atoms with E-state index in [0.717, 1.165) is 38.1 Å². The minimum atomic E-state index is -0.354. The number of benzene rings is 1. The predicted octanol–water partition coefficient (Wildman–Crippen LogP) is 4.36. The van der Waals surface area contributed by atoms with Gasteiger partial charge in [-0.3, -0.25) is 0 Å². The van der Waals surface area contributed by atoms with E-state index < -0.39 is 0 Å². The van der Waals surface area contributed by atoms with Gasteiger partial charge in [-0.05, 0) is 37.1 Å². The number of carbonyl (C=O) groups is 1. The van der Waals surface area contributed by atoms with Crippen molar-refractivity contribution in [2.24, 2.45) is 0 Å². The van der Waals surface area contributed by atoms with E-state index in [0.29, 0.717) is 91.5 Å². The van der Waals surface area contributed by atoms with Gasteiger partial charge in [0, 0.05) is 18.8 Å². The topological polar surface area (TPSA) is 103 Å². The van der Waals surface area contributed by atoms with E-state index in [9.17, 15) is 4.79 Å². The first kappa shape index (κ1) is 36.2. The normalized spacial score (nSPS) is 11.2. The summed E-state index contributed by atoms with van der Waals surface area (Å²) >= 11 is 0. The molecule has 232 valence electrons. The van der Waals surface area contributed by atoms with Crippen LogP contribution in [0.1, 0.15) is 56.3 Å². The van der Waals surface area contributed by atoms with Crippen LogP contribution in [-0.4, -0.2) is 112 Å². The van der Waals surface area contributed by atoms with Gasteiger partial charge in [-0.25, -0.2) is 4.79 Å². The maximum Gasteiger partial charge on any atom is 0.338 e. The van der Waals surface area contributed by atoms with E-state index in [2.05, 4.69) is 19.2 Å². The van der Waals surface area contributed by atoms with Gasteiger partial charge in [-0.15, -0.1) is 0 Å². The second-order valence-corrected chi connectivity index (χ2v) is 8.99. The van der Waals surface area contributed by atoms with Gasteiger partial charge in [-0.1, -0.05) is 33.1 Å². The fourth-order valence-electron chi connectivity index (χ4n) is 3.29. The van der Waals surface area contributed by atoms with Gasteiger partial charge >= 0.3 is 5.97 Å². The molecule has 0 aliphatic heterocycles. The number of anilines is 1. The van der Waals surface area contributed by atoms with Crippen molar-refractivity contribution in [1.82, 2.24) is 0 Å². The highest BCUT2D eigenvalue weighted by atomic mass is 16.6. The molecule has 0 atom stereocenters. The number of esters is 1. The van der Waals surface area contributed by atoms with Crippen molar-refractivity contribution < 1.29 is 42.7 Å². The van der Waals surface area contributed by atoms with Gasteiger partial charge in [0.15, 0.2) is 0 Å². The Balaban J connectivity index is 1.76. The molecule has 0 aliphatic rings. The zero-order chi connectivity index (χ0) is 28.8. The molecule has 40 heavy (non-hydrogen) atoms. The summed E-state index contributed by atoms with van der Waals surface area (Å²) in [6.07, 6.45) is 5.79. The van der Waals surface area contributed by atoms with Gasteiger partial charge in [-0.2, -0.15) is 0 Å². The third kappa shape index (κ3) is 23.0. The standard InChI is InChI=1S/C30H53NO9/c1-3-5-7-13-33-14-15-34-16-17-35-18-19-36-20-21-37-22-23-38-24-25-39-26-27-40-30(32)28-8-10-29(11-9-28)31-12-6-4-2/h8-11,31H,3-7,12-27H2,1-2H3. The van der Waals surface area contributed by atoms with Crippen molar-refractivity contribution in [3.63, 3.8) is 0 Å². The molecule has 0 bridgehead atoms. The molecule has 10 heteroatoms. The molecular formula is C30H53NO9. The second kappa shape index (κ2) is 28.7. The van der Waals surface area contributed by atoms with Gasteiger partial charge in [0.1, 0.15) is 6.61 Å². The molecule has 0 aromatic heterocycles. The van der Waals surface area contributed by atoms with E-state index in [1.165, 1.54) is 12.8 Å². The zero-order valence-electron chi connectivity index (χ0n) is 24.8. The average molecular weight is 572 g/mol. The Bertz CT molecular complexity index is 676. The smallest absolute Gasteiger partial charge is 0.338 e. The SMILES string of the molecule is CCCCCOCCOCCOCCOCCOCCOCCOCCOC(=O)c1ccc(NCCCC)cc1. The first-order chi connectivity index (χ1) is 19.8. The third-order valence-corrected chi connectivity index (χ3v) is 5.57. The van der Waals surface area contributed by atoms with Crippen LogP contribution in [0.25, 0.3) is 0 Å². The highest BCUT2D eigenvalue weighted by Gasteiger charge is 2.06. The van der Waals surface area contributed by atoms with Crippen molar-refractivity contribution in [3.8, 4) is 0 Å². The number of unbranched alkanes of at least 4 members (excludes halogenated alkanes) is 3. The van der Waals surface area contributed by atoms with Crippen LogP contribution in [-0.2, 0) is 37.9 Å². The first-order valence-electron chi connectivity index (χ1n) is 14.8. The predicted molar refractivity (Wildman–Crippen MR) is 155 cm³/mol. The lowest BCUT2D eigenvalue weighted by Crippen LogP contribution is -2.15. The minimum absolute atomic E-state index is 0.200. The van der Waals surface area contributed by atoms with Crippen LogP contribution in [0.4, 0.5) is 5.69 Å². The summed E-state index contributed by atoms with van der Waals surface area (Å²) in [4.78, 5) is 12.1. The number of rotatable bonds is 30. The van der Waals surface area contributed by atoms with Gasteiger partial charge in [0.2, 0.25) is 0 Å². The molecule has 0 fully saturated rings. The monoisotopic (exact) mass is 571 g/mol. The van der Waals surface area contributed by atoms with E-state index in [4.69, 9.17) is 37.9 Å². The molecule has 1 rings (SSSR count). The minimum Gasteiger partial charge on any atom is -0.460 e. The van der Waals surface area contributed by atoms with Crippen LogP contribution >= 0.6 is 0 Å². The lowest BCUT2D eigenvalue weighted by atomic mass is 10.2. The van der Waals surface area contributed by atoms with E-state index in [-0.39, 0.29) is 12.6 Å². The Hall–Kier alpha value is -1.79. The molecule has 0 saturated heterocycles. The number of carbonyl (C=O) groups excluding carboxylic acids is 1. The molecule has 0 amide bonds. The molecule has 1 aromatic rings. The lowest BCUT2D eigenvalue weighted by molar-refractivity contribution is -0.0223. The summed E-state index contributed by atoms with van der Waals surface area (Å²) in [7, 11) is 0. The summed E-state index contributed by atoms with van der Waals surface area (Å²) in [6.45, 7) is 12.9. The van der Waals surface area contributed by atoms with E-state index in [1.807, 2.05) is 12.1 Å². The first-order valence-corrected chi connectivity index (χ1v) is 14.8. The zero-order valence-corrected chi connectivity index (χ0v) is 24.8. The highest BCUT2D eigenvalue weighted by molar-refractivity contribution is 5.89. The lowest BCUT2D eigenvalue weighted by Gasteiger charge is -2.09. The molecule has 0 saturated carbocycles. The van der Waals surface area contributed by atoms with E-state index >= 15 is 0 Å². The quantitative estimate of drug-likeness (QED) is 0.106. The molecule has 1 aromatic carbocycles. The fraction of sp³-hybridized carbons (Fsp3) is 0.767. The van der Waals surface area contributed by atoms with Crippen molar-refractivity contribution in [2.45, 2.75) is 46.0 Å². The second-order valence-electron chi connectivity index (χ2n) is 8.99. The van der Waals surface area contributed by atoms with Gasteiger partial charge in [0.25, 0.3) is 0 Å². The molecule has 0 unspecified atom stereocenters. The highest BCUT2D eigenvalue weighted by Crippen LogP contribution is 2.10. The summed E-state index contributed by atoms with van der Waals surface area (Å²) in [5.41, 5.74) is 1.53. The fourth-order valence-corrected chi connectivity index (χ4v) is 3.29. The van der Waals surface area contributed by atoms with Crippen LogP contribution < -0.4 is 5.32 Å². The largest absolute Gasteiger partial charge is 0.460 e. The molecule has 1 N–H and O–H groups in total. The molecule has 0 aliphatic carbocycles. The Labute approximate surface area is 241 Å². The van der Waals surface area contributed by atoms with Crippen molar-refractivity contribution in [3.05, 3.63) is 29.8 Å². The van der Waals surface area contributed by atoms with Crippen molar-refractivity contribution >= 4 is 11.7 Å². The van der Waals surface area contributed by atoms with Crippen molar-refractivity contribution in [1.29, 1.82) is 0 Å². The summed E-state index contributed by atoms with van der Waals surface area (Å²) < 4.78 is 43.5. The summed E-state index contributed by atoms with van der Waals surface area (Å²) in [5.74, 6) is -0.354. The Morgan fingerprint density at radius 2 is 0.925 bits per heavy atom. The third-order valence-electron chi connectivity index (χ3n) is 5.57. The van der Waals surface area contributed by atoms with Crippen molar-refractivity contribution in [2.75, 3.05) is 111 Å². The van der Waals surface area contributed by atoms with Gasteiger partial charge < -0.3 is 43.2 Å². The number of hydrogen-bond donors (Lipinski definition) is 1. The molecular weight excluding hydrogens is 518 g/mol. The summed E-state index contributed by atoms with van der Waals surface area (Å²) in [6, 6.07) is 7.31. The maximum absolute atomic E-state index is 12.1. The maximum atomic E-state index is 12.1. The average Bonchev–Trinajstić information content (AvgIpc) is 2.97. The Kier molecular flexibility index (Phi) is 26.0. The summed E-state index contributed by atoms with van der Waals surface area (Å²) in [5, 5.41) is 3.32. The van der Waals surface area contributed by atoms with E-state index in [1.54, 1.807) is 12.1 Å². The van der Waals surface area contributed by atoms with Crippen LogP contribution in [0.5, 0.6) is 0 Å². The Morgan fingerprint density at radius 1 is 0.525 bits per heavy atom. The van der Waals surface area contributed by atoms with Crippen LogP contribution in [0.3, 0.4) is 0 Å². The number of nitrogens with one attached hydrogen (secondary N) is 1. The number of hydrogen-bond acceptors (Lipinski definition) is 10. The van der Waals surface area contributed by atoms with Crippen LogP contribution in [0.15, 0.2) is 24.3 Å². The number of ether oxygens (including phenoxy) is 8. The molecule has 10 nitrogen and oxygen atoms in total. The Morgan fingerprint density at radius 3 is 1.35 bits per heavy atom. The van der Waals surface area contributed by atoms with Crippen LogP contribution in [0, 0.1) is 0 Å². The molecule has 0 spiro atoms. The van der Waals surface area contributed by atoms with Crippen LogP contribution in [0.2, 0.25) is 0 Å². The molecule has 0 radical (unpaired) electrons. The van der Waals surface area contributed by atoms with Gasteiger partial charge in [0.05, 0.1) is 91.5 Å².